The molecule has 2 heterocycles. The Morgan fingerprint density at radius 1 is 1.09 bits per heavy atom. The second-order valence-electron chi connectivity index (χ2n) is 4.67. The van der Waals surface area contributed by atoms with E-state index in [0.29, 0.717) is 30.8 Å². The number of halogens is 3. The first-order chi connectivity index (χ1) is 11.0. The molecular formula is C15H14F3N3O2. The van der Waals surface area contributed by atoms with Gasteiger partial charge in [-0.15, -0.1) is 0 Å². The molecule has 2 rings (SSSR count). The molecule has 1 N–H and O–H groups in total. The lowest BCUT2D eigenvalue weighted by Gasteiger charge is -2.08. The van der Waals surface area contributed by atoms with E-state index in [1.54, 1.807) is 12.3 Å². The minimum absolute atomic E-state index is 0.287. The molecule has 0 fully saturated rings. The van der Waals surface area contributed by atoms with Gasteiger partial charge < -0.3 is 10.1 Å². The average Bonchev–Trinajstić information content (AvgIpc) is 2.54. The molecule has 23 heavy (non-hydrogen) atoms. The van der Waals surface area contributed by atoms with Gasteiger partial charge in [-0.3, -0.25) is 9.78 Å². The van der Waals surface area contributed by atoms with Gasteiger partial charge in [0.25, 0.3) is 6.47 Å². The van der Waals surface area contributed by atoms with E-state index in [2.05, 4.69) is 20.0 Å². The van der Waals surface area contributed by atoms with Crippen LogP contribution in [0, 0.1) is 0 Å². The van der Waals surface area contributed by atoms with Crippen LogP contribution < -0.4 is 5.32 Å². The summed E-state index contributed by atoms with van der Waals surface area (Å²) in [6, 6.07) is 5.89. The molecule has 0 saturated heterocycles. The zero-order chi connectivity index (χ0) is 16.7. The Kier molecular flexibility index (Phi) is 5.51. The lowest BCUT2D eigenvalue weighted by atomic mass is 10.2. The number of pyridine rings is 2. The third-order valence-electron chi connectivity index (χ3n) is 2.99. The summed E-state index contributed by atoms with van der Waals surface area (Å²) in [4.78, 5) is 17.6. The van der Waals surface area contributed by atoms with E-state index in [9.17, 15) is 18.0 Å². The van der Waals surface area contributed by atoms with Gasteiger partial charge in [0.2, 0.25) is 0 Å². The fraction of sp³-hybridized carbons (Fsp3) is 0.267. The monoisotopic (exact) mass is 325 g/mol. The van der Waals surface area contributed by atoms with Crippen LogP contribution in [-0.4, -0.2) is 23.0 Å². The number of hydrogen-bond acceptors (Lipinski definition) is 5. The molecule has 0 atom stereocenters. The summed E-state index contributed by atoms with van der Waals surface area (Å²) in [6.45, 7) is 0.988. The average molecular weight is 325 g/mol. The first kappa shape index (κ1) is 16.7. The molecule has 5 nitrogen and oxygen atoms in total. The smallest absolute Gasteiger partial charge is 0.433 e. The molecule has 0 amide bonds. The van der Waals surface area contributed by atoms with Crippen molar-refractivity contribution in [2.24, 2.45) is 0 Å². The summed E-state index contributed by atoms with van der Waals surface area (Å²) >= 11 is 0. The summed E-state index contributed by atoms with van der Waals surface area (Å²) in [5.74, 6) is 0.588. The number of alkyl halides is 3. The Morgan fingerprint density at radius 3 is 2.39 bits per heavy atom. The van der Waals surface area contributed by atoms with Crippen LogP contribution >= 0.6 is 0 Å². The lowest BCUT2D eigenvalue weighted by Crippen LogP contribution is -2.09. The van der Waals surface area contributed by atoms with E-state index in [1.807, 2.05) is 6.07 Å². The number of anilines is 1. The number of ether oxygens (including phenoxy) is 1. The van der Waals surface area contributed by atoms with E-state index in [-0.39, 0.29) is 6.61 Å². The van der Waals surface area contributed by atoms with Crippen LogP contribution in [0.25, 0.3) is 0 Å². The third kappa shape index (κ3) is 5.24. The molecule has 0 bridgehead atoms. The van der Waals surface area contributed by atoms with Gasteiger partial charge >= 0.3 is 6.18 Å². The first-order valence-electron chi connectivity index (χ1n) is 6.75. The number of aromatic nitrogens is 2. The van der Waals surface area contributed by atoms with Gasteiger partial charge in [-0.2, -0.15) is 13.2 Å². The van der Waals surface area contributed by atoms with E-state index < -0.39 is 11.9 Å². The van der Waals surface area contributed by atoms with Gasteiger partial charge in [0.15, 0.2) is 0 Å². The topological polar surface area (TPSA) is 64.1 Å². The predicted molar refractivity (Wildman–Crippen MR) is 76.5 cm³/mol. The number of nitrogens with one attached hydrogen (secondary N) is 1. The van der Waals surface area contributed by atoms with Gasteiger partial charge in [0, 0.05) is 25.4 Å². The Labute approximate surface area is 130 Å². The van der Waals surface area contributed by atoms with Crippen molar-refractivity contribution in [3.63, 3.8) is 0 Å². The van der Waals surface area contributed by atoms with Crippen LogP contribution in [-0.2, 0) is 28.7 Å². The Balaban J connectivity index is 1.87. The standard InChI is InChI=1S/C15H14F3N3O2/c16-15(17,18)13-3-1-12(8-19-13)9-21-14-4-2-11(7-20-14)5-6-23-10-22/h1-4,7-8,10H,5-6,9H2,(H,20,21). The highest BCUT2D eigenvalue weighted by molar-refractivity contribution is 5.38. The number of rotatable bonds is 7. The van der Waals surface area contributed by atoms with Crippen LogP contribution in [0.2, 0.25) is 0 Å². The van der Waals surface area contributed by atoms with Crippen LogP contribution in [0.4, 0.5) is 19.0 Å². The zero-order valence-electron chi connectivity index (χ0n) is 12.0. The van der Waals surface area contributed by atoms with Crippen molar-refractivity contribution in [2.45, 2.75) is 19.1 Å². The van der Waals surface area contributed by atoms with Crippen LogP contribution in [0.15, 0.2) is 36.7 Å². The lowest BCUT2D eigenvalue weighted by molar-refractivity contribution is -0.141. The Bertz CT molecular complexity index is 628. The first-order valence-corrected chi connectivity index (χ1v) is 6.75. The van der Waals surface area contributed by atoms with Crippen molar-refractivity contribution in [3.8, 4) is 0 Å². The number of carbonyl (C=O) groups is 1. The highest BCUT2D eigenvalue weighted by Gasteiger charge is 2.31. The third-order valence-corrected chi connectivity index (χ3v) is 2.99. The number of hydrogen-bond donors (Lipinski definition) is 1. The molecule has 122 valence electrons. The van der Waals surface area contributed by atoms with Crippen LogP contribution in [0.3, 0.4) is 0 Å². The molecule has 2 aromatic rings. The predicted octanol–water partition coefficient (Wildman–Crippen LogP) is 2.82. The van der Waals surface area contributed by atoms with Crippen LogP contribution in [0.1, 0.15) is 16.8 Å². The van der Waals surface area contributed by atoms with Crippen molar-refractivity contribution in [1.29, 1.82) is 0 Å². The number of nitrogens with zero attached hydrogens (tertiary/aromatic N) is 2. The van der Waals surface area contributed by atoms with E-state index in [4.69, 9.17) is 0 Å². The maximum absolute atomic E-state index is 12.4. The summed E-state index contributed by atoms with van der Waals surface area (Å²) in [6.07, 6.45) is -1.05. The highest BCUT2D eigenvalue weighted by atomic mass is 19.4. The molecule has 0 saturated carbocycles. The molecule has 8 heteroatoms. The summed E-state index contributed by atoms with van der Waals surface area (Å²) in [5, 5.41) is 2.99. The second-order valence-corrected chi connectivity index (χ2v) is 4.67. The van der Waals surface area contributed by atoms with Gasteiger partial charge in [-0.25, -0.2) is 4.98 Å². The Morgan fingerprint density at radius 2 is 1.83 bits per heavy atom. The van der Waals surface area contributed by atoms with E-state index in [0.717, 1.165) is 11.6 Å². The van der Waals surface area contributed by atoms with Crippen molar-refractivity contribution in [3.05, 3.63) is 53.5 Å². The fourth-order valence-electron chi connectivity index (χ4n) is 1.79. The van der Waals surface area contributed by atoms with Gasteiger partial charge in [0.05, 0.1) is 6.61 Å². The molecule has 0 unspecified atom stereocenters. The normalized spacial score (nSPS) is 11.1. The van der Waals surface area contributed by atoms with Gasteiger partial charge in [-0.05, 0) is 23.3 Å². The largest absolute Gasteiger partial charge is 0.468 e. The van der Waals surface area contributed by atoms with Crippen LogP contribution in [0.5, 0.6) is 0 Å². The molecule has 0 aromatic carbocycles. The Hall–Kier alpha value is -2.64. The highest BCUT2D eigenvalue weighted by Crippen LogP contribution is 2.27. The maximum Gasteiger partial charge on any atom is 0.433 e. The van der Waals surface area contributed by atoms with Crippen molar-refractivity contribution in [1.82, 2.24) is 9.97 Å². The van der Waals surface area contributed by atoms with Crippen molar-refractivity contribution >= 4 is 12.3 Å². The zero-order valence-corrected chi connectivity index (χ0v) is 12.0. The number of carbonyl (C=O) groups excluding carboxylic acids is 1. The molecule has 0 aliphatic carbocycles. The van der Waals surface area contributed by atoms with Crippen molar-refractivity contribution < 1.29 is 22.7 Å². The summed E-state index contributed by atoms with van der Waals surface area (Å²) < 4.78 is 41.8. The molecule has 0 radical (unpaired) electrons. The van der Waals surface area contributed by atoms with Crippen molar-refractivity contribution in [2.75, 3.05) is 11.9 Å². The SMILES string of the molecule is O=COCCc1ccc(NCc2ccc(C(F)(F)F)nc2)nc1. The minimum Gasteiger partial charge on any atom is -0.468 e. The fourth-order valence-corrected chi connectivity index (χ4v) is 1.79. The molecule has 0 aliphatic heterocycles. The second kappa shape index (κ2) is 7.57. The molecule has 2 aromatic heterocycles. The van der Waals surface area contributed by atoms with Gasteiger partial charge in [0.1, 0.15) is 11.5 Å². The molecular weight excluding hydrogens is 311 g/mol. The summed E-state index contributed by atoms with van der Waals surface area (Å²) in [7, 11) is 0. The quantitative estimate of drug-likeness (QED) is 0.626. The van der Waals surface area contributed by atoms with E-state index >= 15 is 0 Å². The maximum atomic E-state index is 12.4. The van der Waals surface area contributed by atoms with Gasteiger partial charge in [-0.1, -0.05) is 12.1 Å². The minimum atomic E-state index is -4.43. The summed E-state index contributed by atoms with van der Waals surface area (Å²) in [5.41, 5.74) is 0.609. The molecule has 0 spiro atoms. The van der Waals surface area contributed by atoms with E-state index in [1.165, 1.54) is 12.3 Å². The molecule has 0 aliphatic rings.